The van der Waals surface area contributed by atoms with Gasteiger partial charge in [-0.15, -0.1) is 11.3 Å². The maximum atomic E-state index is 12.5. The Morgan fingerprint density at radius 2 is 2.09 bits per heavy atom. The third-order valence-electron chi connectivity index (χ3n) is 5.70. The van der Waals surface area contributed by atoms with Gasteiger partial charge in [-0.1, -0.05) is 12.1 Å². The number of likely N-dealkylation sites (N-methyl/N-ethyl adjacent to an activating group) is 1. The number of carbonyl (C=O) groups is 1. The molecule has 0 spiro atoms. The lowest BCUT2D eigenvalue weighted by atomic mass is 10.1. The Bertz CT molecular complexity index is 1320. The lowest BCUT2D eigenvalue weighted by Crippen LogP contribution is -2.42. The van der Waals surface area contributed by atoms with Crippen LogP contribution < -0.4 is 4.90 Å². The van der Waals surface area contributed by atoms with Crippen LogP contribution in [-0.4, -0.2) is 75.0 Å². The van der Waals surface area contributed by atoms with Gasteiger partial charge in [-0.25, -0.2) is 9.97 Å². The second-order valence-electron chi connectivity index (χ2n) is 8.75. The Balaban J connectivity index is 1.60. The number of morpholine rings is 1. The first-order chi connectivity index (χ1) is 15.8. The molecule has 1 aromatic carbocycles. The maximum Gasteiger partial charge on any atom is 0.254 e. The summed E-state index contributed by atoms with van der Waals surface area (Å²) in [5, 5.41) is 18.2. The third kappa shape index (κ3) is 4.17. The molecule has 0 atom stereocenters. The SMILES string of the molecule is CN(Cc1cc2nc(-c3cccc4[nH]ncc34)nc(N3CCOCC3)c2s1)C(=O)C(C)(C)O. The molecule has 0 unspecified atom stereocenters. The molecule has 0 radical (unpaired) electrons. The molecule has 3 aromatic heterocycles. The van der Waals surface area contributed by atoms with Crippen molar-refractivity contribution in [2.24, 2.45) is 0 Å². The lowest BCUT2D eigenvalue weighted by Gasteiger charge is -2.28. The number of aliphatic hydroxyl groups is 1. The molecule has 1 saturated heterocycles. The third-order valence-corrected chi connectivity index (χ3v) is 6.81. The van der Waals surface area contributed by atoms with Crippen molar-refractivity contribution in [1.82, 2.24) is 25.1 Å². The van der Waals surface area contributed by atoms with Crippen LogP contribution in [0.3, 0.4) is 0 Å². The number of aromatic amines is 1. The summed E-state index contributed by atoms with van der Waals surface area (Å²) in [6.45, 7) is 6.21. The number of aromatic nitrogens is 4. The molecule has 4 heterocycles. The Morgan fingerprint density at radius 3 is 2.85 bits per heavy atom. The number of ether oxygens (including phenoxy) is 1. The first kappa shape index (κ1) is 21.7. The number of fused-ring (bicyclic) bond motifs is 2. The molecule has 1 aliphatic rings. The zero-order valence-electron chi connectivity index (χ0n) is 18.8. The highest BCUT2D eigenvalue weighted by Gasteiger charge is 2.28. The number of nitrogens with one attached hydrogen (secondary N) is 1. The fourth-order valence-electron chi connectivity index (χ4n) is 4.09. The molecule has 10 heteroatoms. The highest BCUT2D eigenvalue weighted by atomic mass is 32.1. The van der Waals surface area contributed by atoms with E-state index in [4.69, 9.17) is 14.7 Å². The molecule has 2 N–H and O–H groups in total. The van der Waals surface area contributed by atoms with Crippen molar-refractivity contribution >= 4 is 44.2 Å². The zero-order valence-corrected chi connectivity index (χ0v) is 19.6. The minimum atomic E-state index is -1.42. The Kier molecular flexibility index (Phi) is 5.51. The molecule has 1 amide bonds. The van der Waals surface area contributed by atoms with E-state index in [0.717, 1.165) is 50.5 Å². The minimum Gasteiger partial charge on any atom is -0.381 e. The predicted octanol–water partition coefficient (Wildman–Crippen LogP) is 2.80. The van der Waals surface area contributed by atoms with Crippen LogP contribution in [-0.2, 0) is 16.1 Å². The average Bonchev–Trinajstić information content (AvgIpc) is 3.44. The number of thiophene rings is 1. The van der Waals surface area contributed by atoms with Gasteiger partial charge in [-0.3, -0.25) is 9.89 Å². The summed E-state index contributed by atoms with van der Waals surface area (Å²) in [5.74, 6) is 1.19. The van der Waals surface area contributed by atoms with Gasteiger partial charge >= 0.3 is 0 Å². The summed E-state index contributed by atoms with van der Waals surface area (Å²) in [6, 6.07) is 7.96. The summed E-state index contributed by atoms with van der Waals surface area (Å²) < 4.78 is 6.53. The number of hydrogen-bond donors (Lipinski definition) is 2. The number of rotatable bonds is 5. The normalized spacial score (nSPS) is 14.8. The number of carbonyl (C=O) groups excluding carboxylic acids is 1. The van der Waals surface area contributed by atoms with E-state index in [0.29, 0.717) is 25.6 Å². The van der Waals surface area contributed by atoms with E-state index in [1.807, 2.05) is 24.3 Å². The molecule has 1 aliphatic heterocycles. The molecule has 0 bridgehead atoms. The molecule has 1 fully saturated rings. The molecular formula is C23H26N6O3S. The summed E-state index contributed by atoms with van der Waals surface area (Å²) in [6.07, 6.45) is 1.79. The van der Waals surface area contributed by atoms with E-state index in [9.17, 15) is 9.90 Å². The van der Waals surface area contributed by atoms with Crippen LogP contribution >= 0.6 is 11.3 Å². The van der Waals surface area contributed by atoms with E-state index in [1.165, 1.54) is 13.8 Å². The van der Waals surface area contributed by atoms with E-state index < -0.39 is 5.60 Å². The van der Waals surface area contributed by atoms with Gasteiger partial charge in [-0.05, 0) is 26.0 Å². The molecule has 9 nitrogen and oxygen atoms in total. The second-order valence-corrected chi connectivity index (χ2v) is 9.89. The molecule has 5 rings (SSSR count). The van der Waals surface area contributed by atoms with Crippen LogP contribution in [0.1, 0.15) is 18.7 Å². The van der Waals surface area contributed by atoms with Gasteiger partial charge < -0.3 is 19.6 Å². The Labute approximate surface area is 195 Å². The summed E-state index contributed by atoms with van der Waals surface area (Å²) >= 11 is 1.58. The molecule has 4 aromatic rings. The fourth-order valence-corrected chi connectivity index (χ4v) is 5.25. The van der Waals surface area contributed by atoms with Gasteiger partial charge in [0.25, 0.3) is 5.91 Å². The van der Waals surface area contributed by atoms with Gasteiger partial charge in [0.15, 0.2) is 11.6 Å². The average molecular weight is 467 g/mol. The first-order valence-electron chi connectivity index (χ1n) is 10.8. The molecule has 172 valence electrons. The summed E-state index contributed by atoms with van der Waals surface area (Å²) in [7, 11) is 1.70. The van der Waals surface area contributed by atoms with Crippen LogP contribution in [0, 0.1) is 0 Å². The van der Waals surface area contributed by atoms with Crippen molar-refractivity contribution in [3.05, 3.63) is 35.3 Å². The number of H-pyrrole nitrogens is 1. The highest BCUT2D eigenvalue weighted by Crippen LogP contribution is 2.36. The fraction of sp³-hybridized carbons (Fsp3) is 0.391. The molecule has 0 saturated carbocycles. The summed E-state index contributed by atoms with van der Waals surface area (Å²) in [4.78, 5) is 27.1. The van der Waals surface area contributed by atoms with Crippen molar-refractivity contribution in [2.75, 3.05) is 38.3 Å². The smallest absolute Gasteiger partial charge is 0.254 e. The van der Waals surface area contributed by atoms with Gasteiger partial charge in [-0.2, -0.15) is 5.10 Å². The Morgan fingerprint density at radius 1 is 1.30 bits per heavy atom. The van der Waals surface area contributed by atoms with Crippen molar-refractivity contribution < 1.29 is 14.6 Å². The quantitative estimate of drug-likeness (QED) is 0.466. The lowest BCUT2D eigenvalue weighted by molar-refractivity contribution is -0.146. The topological polar surface area (TPSA) is 107 Å². The number of nitrogens with zero attached hydrogens (tertiary/aromatic N) is 5. The van der Waals surface area contributed by atoms with E-state index in [1.54, 1.807) is 29.5 Å². The predicted molar refractivity (Wildman–Crippen MR) is 128 cm³/mol. The van der Waals surface area contributed by atoms with E-state index >= 15 is 0 Å². The zero-order chi connectivity index (χ0) is 23.2. The first-order valence-corrected chi connectivity index (χ1v) is 11.7. The monoisotopic (exact) mass is 466 g/mol. The van der Waals surface area contributed by atoms with Crippen molar-refractivity contribution in [3.63, 3.8) is 0 Å². The largest absolute Gasteiger partial charge is 0.381 e. The maximum absolute atomic E-state index is 12.5. The van der Waals surface area contributed by atoms with Gasteiger partial charge in [0.1, 0.15) is 5.60 Å². The number of benzene rings is 1. The van der Waals surface area contributed by atoms with Crippen LogP contribution in [0.15, 0.2) is 30.5 Å². The highest BCUT2D eigenvalue weighted by molar-refractivity contribution is 7.19. The van der Waals surface area contributed by atoms with Crippen molar-refractivity contribution in [1.29, 1.82) is 0 Å². The number of hydrogen-bond acceptors (Lipinski definition) is 8. The second kappa shape index (κ2) is 8.36. The van der Waals surface area contributed by atoms with Crippen LogP contribution in [0.2, 0.25) is 0 Å². The van der Waals surface area contributed by atoms with Crippen LogP contribution in [0.5, 0.6) is 0 Å². The van der Waals surface area contributed by atoms with Crippen molar-refractivity contribution in [3.8, 4) is 11.4 Å². The molecule has 0 aliphatic carbocycles. The van der Waals surface area contributed by atoms with E-state index in [-0.39, 0.29) is 5.91 Å². The van der Waals surface area contributed by atoms with Gasteiger partial charge in [0.2, 0.25) is 0 Å². The Hall–Kier alpha value is -3.08. The number of amides is 1. The van der Waals surface area contributed by atoms with Crippen molar-refractivity contribution in [2.45, 2.75) is 26.0 Å². The van der Waals surface area contributed by atoms with Crippen LogP contribution in [0.25, 0.3) is 32.5 Å². The number of anilines is 1. The molecular weight excluding hydrogens is 440 g/mol. The van der Waals surface area contributed by atoms with E-state index in [2.05, 4.69) is 15.1 Å². The van der Waals surface area contributed by atoms with Gasteiger partial charge in [0.05, 0.1) is 41.7 Å². The minimum absolute atomic E-state index is 0.327. The summed E-state index contributed by atoms with van der Waals surface area (Å²) in [5.41, 5.74) is 1.27. The molecule has 33 heavy (non-hydrogen) atoms. The van der Waals surface area contributed by atoms with Gasteiger partial charge in [0, 0.05) is 36.0 Å². The van der Waals surface area contributed by atoms with Crippen LogP contribution in [0.4, 0.5) is 5.82 Å². The standard InChI is InChI=1S/C23H26N6O3S/c1-23(2,31)22(30)28(3)13-14-11-18-19(33-14)21(29-7-9-32-10-8-29)26-20(25-18)15-5-4-6-17-16(15)12-24-27-17/h4-6,11-12,31H,7-10,13H2,1-3H3,(H,24,27).